The van der Waals surface area contributed by atoms with Crippen LogP contribution in [-0.4, -0.2) is 18.6 Å². The average Bonchev–Trinajstić information content (AvgIpc) is 2.71. The lowest BCUT2D eigenvalue weighted by Gasteiger charge is -2.23. The van der Waals surface area contributed by atoms with Crippen LogP contribution < -0.4 is 5.32 Å². The molecule has 2 rings (SSSR count). The van der Waals surface area contributed by atoms with Crippen molar-refractivity contribution in [3.8, 4) is 0 Å². The molecule has 0 bridgehead atoms. The Kier molecular flexibility index (Phi) is 2.79. The molecule has 1 N–H and O–H groups in total. The summed E-state index contributed by atoms with van der Waals surface area (Å²) >= 11 is 0. The van der Waals surface area contributed by atoms with Crippen LogP contribution in [-0.2, 0) is 9.53 Å². The summed E-state index contributed by atoms with van der Waals surface area (Å²) in [5.74, 6) is -0.317. The lowest BCUT2D eigenvalue weighted by atomic mass is 10.1. The fourth-order valence-electron chi connectivity index (χ4n) is 1.72. The van der Waals surface area contributed by atoms with Gasteiger partial charge in [0.25, 0.3) is 0 Å². The highest BCUT2D eigenvalue weighted by atomic mass is 16.5. The third kappa shape index (κ3) is 2.11. The lowest BCUT2D eigenvalue weighted by Crippen LogP contribution is -2.40. The number of nitrogens with one attached hydrogen (secondary N) is 1. The van der Waals surface area contributed by atoms with Gasteiger partial charge in [0, 0.05) is 5.39 Å². The molecule has 1 aromatic heterocycles. The number of fused-ring (bicyclic) bond motifs is 1. The van der Waals surface area contributed by atoms with E-state index in [1.54, 1.807) is 20.1 Å². The maximum Gasteiger partial charge on any atom is 0.330 e. The lowest BCUT2D eigenvalue weighted by molar-refractivity contribution is -0.144. The number of esters is 1. The number of hydrogen-bond acceptors (Lipinski definition) is 4. The van der Waals surface area contributed by atoms with Gasteiger partial charge in [-0.3, -0.25) is 0 Å². The molecule has 17 heavy (non-hydrogen) atoms. The monoisotopic (exact) mass is 233 g/mol. The molecule has 0 spiro atoms. The molecular formula is C13H15NO3. The van der Waals surface area contributed by atoms with Gasteiger partial charge < -0.3 is 14.5 Å². The van der Waals surface area contributed by atoms with Crippen molar-refractivity contribution in [1.82, 2.24) is 0 Å². The summed E-state index contributed by atoms with van der Waals surface area (Å²) in [6.45, 7) is 3.53. The van der Waals surface area contributed by atoms with Crippen molar-refractivity contribution in [3.63, 3.8) is 0 Å². The van der Waals surface area contributed by atoms with Crippen LogP contribution in [0.5, 0.6) is 0 Å². The minimum Gasteiger partial charge on any atom is -0.467 e. The van der Waals surface area contributed by atoms with Gasteiger partial charge >= 0.3 is 5.97 Å². The Balaban J connectivity index is 2.33. The fourth-order valence-corrected chi connectivity index (χ4v) is 1.72. The molecule has 1 aromatic carbocycles. The van der Waals surface area contributed by atoms with E-state index in [0.717, 1.165) is 16.7 Å². The number of methoxy groups -OCH3 is 1. The first-order valence-corrected chi connectivity index (χ1v) is 5.37. The molecule has 0 fully saturated rings. The van der Waals surface area contributed by atoms with Crippen LogP contribution in [0.2, 0.25) is 0 Å². The first kappa shape index (κ1) is 11.5. The Hall–Kier alpha value is -1.97. The number of furan rings is 1. The van der Waals surface area contributed by atoms with Crippen molar-refractivity contribution in [3.05, 3.63) is 30.5 Å². The molecular weight excluding hydrogens is 218 g/mol. The first-order valence-electron chi connectivity index (χ1n) is 5.37. The van der Waals surface area contributed by atoms with Crippen molar-refractivity contribution in [2.24, 2.45) is 0 Å². The van der Waals surface area contributed by atoms with Gasteiger partial charge in [0.15, 0.2) is 0 Å². The quantitative estimate of drug-likeness (QED) is 0.828. The molecule has 0 saturated carbocycles. The number of carbonyl (C=O) groups is 1. The van der Waals surface area contributed by atoms with E-state index in [1.807, 2.05) is 24.3 Å². The van der Waals surface area contributed by atoms with Gasteiger partial charge in [0.05, 0.1) is 12.8 Å². The number of rotatable bonds is 3. The summed E-state index contributed by atoms with van der Waals surface area (Å²) in [6.07, 6.45) is 1.61. The second-order valence-corrected chi connectivity index (χ2v) is 4.39. The number of ether oxygens (including phenoxy) is 1. The normalized spacial score (nSPS) is 11.5. The molecule has 4 heteroatoms. The van der Waals surface area contributed by atoms with Crippen LogP contribution in [0.4, 0.5) is 5.69 Å². The van der Waals surface area contributed by atoms with Gasteiger partial charge in [-0.05, 0) is 26.0 Å². The van der Waals surface area contributed by atoms with Crippen molar-refractivity contribution in [2.45, 2.75) is 19.4 Å². The predicted molar refractivity (Wildman–Crippen MR) is 65.9 cm³/mol. The Morgan fingerprint density at radius 3 is 2.76 bits per heavy atom. The molecule has 2 aromatic rings. The number of hydrogen-bond donors (Lipinski definition) is 1. The minimum absolute atomic E-state index is 0.317. The number of anilines is 1. The summed E-state index contributed by atoms with van der Waals surface area (Å²) in [5.41, 5.74) is 0.785. The van der Waals surface area contributed by atoms with Gasteiger partial charge in [0.2, 0.25) is 0 Å². The summed E-state index contributed by atoms with van der Waals surface area (Å²) < 4.78 is 10.1. The predicted octanol–water partition coefficient (Wildman–Crippen LogP) is 2.80. The molecule has 90 valence electrons. The van der Waals surface area contributed by atoms with Gasteiger partial charge in [0.1, 0.15) is 17.4 Å². The van der Waals surface area contributed by atoms with Crippen LogP contribution >= 0.6 is 0 Å². The van der Waals surface area contributed by atoms with E-state index in [1.165, 1.54) is 7.11 Å². The third-order valence-electron chi connectivity index (χ3n) is 2.62. The summed E-state index contributed by atoms with van der Waals surface area (Å²) in [7, 11) is 1.37. The zero-order valence-corrected chi connectivity index (χ0v) is 10.1. The second-order valence-electron chi connectivity index (χ2n) is 4.39. The molecule has 4 nitrogen and oxygen atoms in total. The van der Waals surface area contributed by atoms with Crippen LogP contribution in [0.1, 0.15) is 13.8 Å². The van der Waals surface area contributed by atoms with Crippen LogP contribution in [0.25, 0.3) is 11.0 Å². The molecule has 0 aliphatic heterocycles. The Bertz CT molecular complexity index is 542. The molecule has 0 aliphatic carbocycles. The fraction of sp³-hybridized carbons (Fsp3) is 0.308. The number of benzene rings is 1. The Morgan fingerprint density at radius 1 is 1.35 bits per heavy atom. The zero-order valence-electron chi connectivity index (χ0n) is 10.1. The third-order valence-corrected chi connectivity index (χ3v) is 2.62. The molecule has 0 aliphatic rings. The molecule has 0 radical (unpaired) electrons. The van der Waals surface area contributed by atoms with Gasteiger partial charge in [-0.25, -0.2) is 4.79 Å². The van der Waals surface area contributed by atoms with E-state index in [2.05, 4.69) is 5.32 Å². The van der Waals surface area contributed by atoms with Crippen molar-refractivity contribution >= 4 is 22.6 Å². The minimum atomic E-state index is -0.790. The molecule has 0 unspecified atom stereocenters. The van der Waals surface area contributed by atoms with E-state index >= 15 is 0 Å². The van der Waals surface area contributed by atoms with E-state index in [-0.39, 0.29) is 5.97 Å². The van der Waals surface area contributed by atoms with Crippen molar-refractivity contribution in [2.75, 3.05) is 12.4 Å². The second kappa shape index (κ2) is 4.13. The molecule has 0 atom stereocenters. The molecule has 0 saturated heterocycles. The maximum atomic E-state index is 11.6. The highest BCUT2D eigenvalue weighted by Gasteiger charge is 2.29. The first-order chi connectivity index (χ1) is 8.04. The Morgan fingerprint density at radius 2 is 2.06 bits per heavy atom. The maximum absolute atomic E-state index is 11.6. The van der Waals surface area contributed by atoms with Crippen molar-refractivity contribution < 1.29 is 13.9 Å². The SMILES string of the molecule is COC(=O)C(C)(C)Nc1coc2ccccc12. The van der Waals surface area contributed by atoms with Crippen LogP contribution in [0, 0.1) is 0 Å². The zero-order chi connectivity index (χ0) is 12.5. The van der Waals surface area contributed by atoms with Gasteiger partial charge in [-0.2, -0.15) is 0 Å². The molecule has 1 heterocycles. The number of para-hydroxylation sites is 1. The highest BCUT2D eigenvalue weighted by molar-refractivity contribution is 5.93. The van der Waals surface area contributed by atoms with Crippen LogP contribution in [0.3, 0.4) is 0 Å². The summed E-state index contributed by atoms with van der Waals surface area (Å²) in [4.78, 5) is 11.6. The van der Waals surface area contributed by atoms with Gasteiger partial charge in [-0.15, -0.1) is 0 Å². The van der Waals surface area contributed by atoms with E-state index in [4.69, 9.17) is 9.15 Å². The molecule has 0 amide bonds. The Labute approximate surface area is 99.6 Å². The van der Waals surface area contributed by atoms with E-state index < -0.39 is 5.54 Å². The van der Waals surface area contributed by atoms with Gasteiger partial charge in [-0.1, -0.05) is 12.1 Å². The largest absolute Gasteiger partial charge is 0.467 e. The number of carbonyl (C=O) groups excluding carboxylic acids is 1. The summed E-state index contributed by atoms with van der Waals surface area (Å²) in [6, 6.07) is 7.65. The van der Waals surface area contributed by atoms with Crippen LogP contribution in [0.15, 0.2) is 34.9 Å². The van der Waals surface area contributed by atoms with E-state index in [0.29, 0.717) is 0 Å². The standard InChI is InChI=1S/C13H15NO3/c1-13(2,12(15)16-3)14-10-8-17-11-7-5-4-6-9(10)11/h4-8,14H,1-3H3. The summed E-state index contributed by atoms with van der Waals surface area (Å²) in [5, 5.41) is 4.07. The average molecular weight is 233 g/mol. The van der Waals surface area contributed by atoms with E-state index in [9.17, 15) is 4.79 Å². The van der Waals surface area contributed by atoms with Crippen molar-refractivity contribution in [1.29, 1.82) is 0 Å². The highest BCUT2D eigenvalue weighted by Crippen LogP contribution is 2.28. The topological polar surface area (TPSA) is 51.5 Å². The smallest absolute Gasteiger partial charge is 0.330 e.